The minimum atomic E-state index is -1.78. The van der Waals surface area contributed by atoms with Crippen LogP contribution in [0.1, 0.15) is 26.2 Å². The molecule has 0 bridgehead atoms. The second-order valence-electron chi connectivity index (χ2n) is 6.01. The minimum absolute atomic E-state index is 0.0178. The molecule has 0 saturated heterocycles. The number of carbonyl (C=O) groups excluding carboxylic acids is 3. The van der Waals surface area contributed by atoms with Crippen molar-refractivity contribution in [2.75, 3.05) is 5.75 Å². The van der Waals surface area contributed by atoms with Crippen molar-refractivity contribution in [1.82, 2.24) is 16.0 Å². The number of carboxylic acid groups (broad SMARTS) is 3. The third-order valence-electron chi connectivity index (χ3n) is 3.56. The van der Waals surface area contributed by atoms with Gasteiger partial charge in [0.05, 0.1) is 12.5 Å². The summed E-state index contributed by atoms with van der Waals surface area (Å²) >= 11 is 3.85. The molecule has 0 aromatic carbocycles. The van der Waals surface area contributed by atoms with Gasteiger partial charge in [-0.25, -0.2) is 4.79 Å². The zero-order valence-corrected chi connectivity index (χ0v) is 16.3. The first-order chi connectivity index (χ1) is 13.4. The van der Waals surface area contributed by atoms with E-state index in [9.17, 15) is 28.8 Å². The van der Waals surface area contributed by atoms with Gasteiger partial charge in [0.2, 0.25) is 17.7 Å². The predicted octanol–water partition coefficient (Wildman–Crippen LogP) is -2.86. The largest absolute Gasteiger partial charge is 0.481 e. The topological polar surface area (TPSA) is 225 Å². The molecule has 0 aliphatic carbocycles. The Balaban J connectivity index is 5.19. The molecule has 0 heterocycles. The highest BCUT2D eigenvalue weighted by Gasteiger charge is 2.30. The summed E-state index contributed by atoms with van der Waals surface area (Å²) in [7, 11) is 0. The number of carboxylic acids is 3. The van der Waals surface area contributed by atoms with Gasteiger partial charge in [0.15, 0.2) is 0 Å². The van der Waals surface area contributed by atoms with Crippen LogP contribution >= 0.6 is 12.6 Å². The molecule has 29 heavy (non-hydrogen) atoms. The molecular formula is C15H24N4O9S. The van der Waals surface area contributed by atoms with E-state index in [1.807, 2.05) is 5.32 Å². The summed E-state index contributed by atoms with van der Waals surface area (Å²) in [5, 5.41) is 32.9. The molecule has 3 amide bonds. The van der Waals surface area contributed by atoms with E-state index in [4.69, 9.17) is 21.1 Å². The lowest BCUT2D eigenvalue weighted by atomic mass is 10.1. The molecule has 0 rings (SSSR count). The first-order valence-corrected chi connectivity index (χ1v) is 8.96. The van der Waals surface area contributed by atoms with Crippen molar-refractivity contribution in [3.05, 3.63) is 0 Å². The number of aliphatic carboxylic acids is 3. The zero-order valence-electron chi connectivity index (χ0n) is 15.5. The molecule has 0 radical (unpaired) electrons. The summed E-state index contributed by atoms with van der Waals surface area (Å²) in [5.74, 6) is -6.99. The van der Waals surface area contributed by atoms with E-state index >= 15 is 0 Å². The third kappa shape index (κ3) is 10.3. The van der Waals surface area contributed by atoms with Gasteiger partial charge < -0.3 is 37.0 Å². The van der Waals surface area contributed by atoms with E-state index in [-0.39, 0.29) is 5.75 Å². The minimum Gasteiger partial charge on any atom is -0.481 e. The molecule has 0 aromatic rings. The number of amides is 3. The molecule has 0 aromatic heterocycles. The van der Waals surface area contributed by atoms with E-state index < -0.39 is 79.1 Å². The Morgan fingerprint density at radius 2 is 1.41 bits per heavy atom. The fraction of sp³-hybridized carbons (Fsp3) is 0.600. The number of hydrogen-bond donors (Lipinski definition) is 8. The first-order valence-electron chi connectivity index (χ1n) is 8.33. The average Bonchev–Trinajstić information content (AvgIpc) is 2.62. The summed E-state index contributed by atoms with van der Waals surface area (Å²) in [4.78, 5) is 68.8. The summed E-state index contributed by atoms with van der Waals surface area (Å²) in [6, 6.07) is -5.39. The molecule has 0 fully saturated rings. The van der Waals surface area contributed by atoms with E-state index in [2.05, 4.69) is 23.3 Å². The monoisotopic (exact) mass is 436 g/mol. The van der Waals surface area contributed by atoms with E-state index in [0.717, 1.165) is 0 Å². The lowest BCUT2D eigenvalue weighted by Crippen LogP contribution is -2.56. The van der Waals surface area contributed by atoms with E-state index in [0.29, 0.717) is 0 Å². The number of nitrogens with one attached hydrogen (secondary N) is 3. The van der Waals surface area contributed by atoms with Crippen LogP contribution in [0.4, 0.5) is 0 Å². The molecule has 0 saturated carbocycles. The average molecular weight is 436 g/mol. The summed E-state index contributed by atoms with van der Waals surface area (Å²) in [5.41, 5.74) is 5.47. The van der Waals surface area contributed by atoms with Crippen LogP contribution in [0.15, 0.2) is 0 Å². The second kappa shape index (κ2) is 12.6. The lowest BCUT2D eigenvalue weighted by molar-refractivity contribution is -0.147. The lowest BCUT2D eigenvalue weighted by Gasteiger charge is -2.23. The smallest absolute Gasteiger partial charge is 0.326 e. The Labute approximate surface area is 170 Å². The van der Waals surface area contributed by atoms with Gasteiger partial charge >= 0.3 is 17.9 Å². The van der Waals surface area contributed by atoms with Crippen LogP contribution in [0.3, 0.4) is 0 Å². The molecule has 4 unspecified atom stereocenters. The van der Waals surface area contributed by atoms with Crippen LogP contribution in [0.5, 0.6) is 0 Å². The number of rotatable bonds is 13. The van der Waals surface area contributed by atoms with Crippen molar-refractivity contribution in [3.8, 4) is 0 Å². The quantitative estimate of drug-likeness (QED) is 0.138. The van der Waals surface area contributed by atoms with Crippen molar-refractivity contribution < 1.29 is 44.1 Å². The Morgan fingerprint density at radius 1 is 0.862 bits per heavy atom. The summed E-state index contributed by atoms with van der Waals surface area (Å²) in [6.45, 7) is 1.29. The van der Waals surface area contributed by atoms with Gasteiger partial charge in [-0.05, 0) is 13.3 Å². The maximum Gasteiger partial charge on any atom is 0.326 e. The highest BCUT2D eigenvalue weighted by Crippen LogP contribution is 2.02. The number of carbonyl (C=O) groups is 6. The Bertz CT molecular complexity index is 658. The van der Waals surface area contributed by atoms with Gasteiger partial charge in [0, 0.05) is 12.2 Å². The maximum atomic E-state index is 12.3. The van der Waals surface area contributed by atoms with E-state index in [1.165, 1.54) is 6.92 Å². The van der Waals surface area contributed by atoms with Crippen LogP contribution in [0.2, 0.25) is 0 Å². The number of nitrogens with two attached hydrogens (primary N) is 1. The molecule has 13 nitrogen and oxygen atoms in total. The zero-order chi connectivity index (χ0) is 22.7. The highest BCUT2D eigenvalue weighted by molar-refractivity contribution is 7.80. The molecule has 4 atom stereocenters. The van der Waals surface area contributed by atoms with Crippen molar-refractivity contribution in [2.24, 2.45) is 5.73 Å². The van der Waals surface area contributed by atoms with E-state index in [1.54, 1.807) is 0 Å². The van der Waals surface area contributed by atoms with Gasteiger partial charge in [-0.3, -0.25) is 24.0 Å². The van der Waals surface area contributed by atoms with Gasteiger partial charge in [-0.1, -0.05) is 0 Å². The number of hydrogen-bond acceptors (Lipinski definition) is 8. The fourth-order valence-corrected chi connectivity index (χ4v) is 2.12. The Kier molecular flexibility index (Phi) is 11.3. The predicted molar refractivity (Wildman–Crippen MR) is 100 cm³/mol. The molecule has 164 valence electrons. The van der Waals surface area contributed by atoms with Crippen LogP contribution in [0.25, 0.3) is 0 Å². The molecule has 0 aliphatic rings. The Hall–Kier alpha value is -2.87. The van der Waals surface area contributed by atoms with Crippen LogP contribution in [-0.2, 0) is 28.8 Å². The van der Waals surface area contributed by atoms with Crippen molar-refractivity contribution in [1.29, 1.82) is 0 Å². The van der Waals surface area contributed by atoms with Crippen LogP contribution in [0, 0.1) is 0 Å². The Morgan fingerprint density at radius 3 is 1.86 bits per heavy atom. The third-order valence-corrected chi connectivity index (χ3v) is 3.95. The molecule has 0 aliphatic heterocycles. The van der Waals surface area contributed by atoms with Crippen molar-refractivity contribution >= 4 is 48.3 Å². The SMILES string of the molecule is CC(NC(=O)C(N)CS)C(=O)NC(CCC(=O)O)C(=O)NC(CC(=O)O)C(=O)O. The van der Waals surface area contributed by atoms with Crippen molar-refractivity contribution in [3.63, 3.8) is 0 Å². The van der Waals surface area contributed by atoms with Gasteiger partial charge in [0.1, 0.15) is 18.1 Å². The van der Waals surface area contributed by atoms with Crippen molar-refractivity contribution in [2.45, 2.75) is 50.4 Å². The molecule has 0 spiro atoms. The normalized spacial score (nSPS) is 14.6. The van der Waals surface area contributed by atoms with Gasteiger partial charge in [-0.15, -0.1) is 0 Å². The summed E-state index contributed by atoms with van der Waals surface area (Å²) in [6.07, 6.45) is -1.86. The number of thiol groups is 1. The second-order valence-corrected chi connectivity index (χ2v) is 6.38. The first kappa shape index (κ1) is 26.1. The maximum absolute atomic E-state index is 12.3. The van der Waals surface area contributed by atoms with Crippen LogP contribution < -0.4 is 21.7 Å². The standard InChI is InChI=1S/C15H24N4O9S/c1-6(17-13(25)7(16)5-29)12(24)18-8(2-3-10(20)21)14(26)19-9(15(27)28)4-11(22)23/h6-9,29H,2-5,16H2,1H3,(H,17,25)(H,18,24)(H,19,26)(H,20,21)(H,22,23)(H,27,28). The van der Waals surface area contributed by atoms with Gasteiger partial charge in [-0.2, -0.15) is 12.6 Å². The highest BCUT2D eigenvalue weighted by atomic mass is 32.1. The van der Waals surface area contributed by atoms with Gasteiger partial charge in [0.25, 0.3) is 0 Å². The fourth-order valence-electron chi connectivity index (χ4n) is 1.95. The molecular weight excluding hydrogens is 412 g/mol. The molecule has 14 heteroatoms. The molecule has 8 N–H and O–H groups in total. The summed E-state index contributed by atoms with van der Waals surface area (Å²) < 4.78 is 0. The van der Waals surface area contributed by atoms with Crippen LogP contribution in [-0.4, -0.2) is 80.9 Å².